The lowest BCUT2D eigenvalue weighted by Crippen LogP contribution is -2.36. The molecule has 2 heteroatoms. The van der Waals surface area contributed by atoms with E-state index in [2.05, 4.69) is 36.5 Å². The highest BCUT2D eigenvalue weighted by Crippen LogP contribution is 2.30. The minimum atomic E-state index is 0.536. The van der Waals surface area contributed by atoms with Crippen molar-refractivity contribution in [3.05, 3.63) is 35.4 Å². The van der Waals surface area contributed by atoms with Crippen molar-refractivity contribution in [2.45, 2.75) is 51.1 Å². The molecule has 1 aliphatic heterocycles. The number of fused-ring (bicyclic) bond motifs is 1. The third kappa shape index (κ3) is 3.01. The summed E-state index contributed by atoms with van der Waals surface area (Å²) in [6.45, 7) is 4.20. The molecule has 1 heterocycles. The molecule has 2 nitrogen and oxygen atoms in total. The summed E-state index contributed by atoms with van der Waals surface area (Å²) in [6, 6.07) is 10.1. The van der Waals surface area contributed by atoms with E-state index in [9.17, 15) is 0 Å². The molecule has 3 unspecified atom stereocenters. The van der Waals surface area contributed by atoms with Crippen molar-refractivity contribution in [3.8, 4) is 0 Å². The lowest BCUT2D eigenvalue weighted by molar-refractivity contribution is 0.176. The molecule has 1 aromatic carbocycles. The summed E-state index contributed by atoms with van der Waals surface area (Å²) in [4.78, 5) is 0. The van der Waals surface area contributed by atoms with Crippen LogP contribution >= 0.6 is 0 Å². The molecule has 0 bridgehead atoms. The van der Waals surface area contributed by atoms with Crippen LogP contribution < -0.4 is 5.32 Å². The van der Waals surface area contributed by atoms with E-state index in [0.29, 0.717) is 18.0 Å². The van der Waals surface area contributed by atoms with Crippen LogP contribution in [0.4, 0.5) is 0 Å². The van der Waals surface area contributed by atoms with Crippen LogP contribution in [0.2, 0.25) is 0 Å². The van der Waals surface area contributed by atoms with Gasteiger partial charge in [-0.3, -0.25) is 0 Å². The largest absolute Gasteiger partial charge is 0.381 e. The van der Waals surface area contributed by atoms with Crippen LogP contribution in [0.1, 0.15) is 49.8 Å². The van der Waals surface area contributed by atoms with Gasteiger partial charge in [-0.25, -0.2) is 0 Å². The summed E-state index contributed by atoms with van der Waals surface area (Å²) < 4.78 is 5.52. The molecule has 0 spiro atoms. The second kappa shape index (κ2) is 6.06. The van der Waals surface area contributed by atoms with E-state index >= 15 is 0 Å². The maximum absolute atomic E-state index is 5.52. The molecule has 0 amide bonds. The molecule has 2 aliphatic rings. The summed E-state index contributed by atoms with van der Waals surface area (Å²) in [5.74, 6) is 0.690. The molecule has 1 aromatic rings. The van der Waals surface area contributed by atoms with Gasteiger partial charge in [-0.1, -0.05) is 30.7 Å². The van der Waals surface area contributed by atoms with Crippen LogP contribution in [-0.2, 0) is 11.2 Å². The Morgan fingerprint density at radius 1 is 1.21 bits per heavy atom. The summed E-state index contributed by atoms with van der Waals surface area (Å²) in [5.41, 5.74) is 3.08. The normalized spacial score (nSPS) is 28.7. The maximum Gasteiger partial charge on any atom is 0.0509 e. The van der Waals surface area contributed by atoms with E-state index in [1.807, 2.05) is 0 Å². The van der Waals surface area contributed by atoms with Gasteiger partial charge in [0.1, 0.15) is 0 Å². The Labute approximate surface area is 116 Å². The van der Waals surface area contributed by atoms with Crippen LogP contribution in [-0.4, -0.2) is 19.3 Å². The third-order valence-electron chi connectivity index (χ3n) is 4.76. The highest BCUT2D eigenvalue weighted by molar-refractivity contribution is 5.31. The molecular formula is C17H25NO. The number of aryl methyl sites for hydroxylation is 1. The first-order chi connectivity index (χ1) is 9.34. The van der Waals surface area contributed by atoms with Crippen LogP contribution in [0.5, 0.6) is 0 Å². The highest BCUT2D eigenvalue weighted by atomic mass is 16.5. The summed E-state index contributed by atoms with van der Waals surface area (Å²) in [5, 5.41) is 3.88. The van der Waals surface area contributed by atoms with E-state index in [4.69, 9.17) is 4.74 Å². The molecule has 3 atom stereocenters. The van der Waals surface area contributed by atoms with Gasteiger partial charge in [0, 0.05) is 18.7 Å². The second-order valence-corrected chi connectivity index (χ2v) is 6.08. The van der Waals surface area contributed by atoms with E-state index < -0.39 is 0 Å². The van der Waals surface area contributed by atoms with Crippen molar-refractivity contribution in [2.75, 3.05) is 13.2 Å². The fourth-order valence-corrected chi connectivity index (χ4v) is 3.49. The van der Waals surface area contributed by atoms with Crippen LogP contribution in [0.3, 0.4) is 0 Å². The Kier molecular flexibility index (Phi) is 4.19. The zero-order valence-electron chi connectivity index (χ0n) is 11.9. The minimum absolute atomic E-state index is 0.536. The number of nitrogens with one attached hydrogen (secondary N) is 1. The molecule has 1 N–H and O–H groups in total. The number of hydrogen-bond acceptors (Lipinski definition) is 2. The van der Waals surface area contributed by atoms with Gasteiger partial charge in [-0.05, 0) is 49.7 Å². The van der Waals surface area contributed by atoms with E-state index in [1.165, 1.54) is 37.7 Å². The summed E-state index contributed by atoms with van der Waals surface area (Å²) >= 11 is 0. The van der Waals surface area contributed by atoms with E-state index in [0.717, 1.165) is 13.2 Å². The SMILES string of the molecule is CC(NC1CCCCc2ccccc21)C1CCOC1. The quantitative estimate of drug-likeness (QED) is 0.839. The predicted molar refractivity (Wildman–Crippen MR) is 78.3 cm³/mol. The van der Waals surface area contributed by atoms with Crippen LogP contribution in [0.15, 0.2) is 24.3 Å². The fourth-order valence-electron chi connectivity index (χ4n) is 3.49. The maximum atomic E-state index is 5.52. The first-order valence-electron chi connectivity index (χ1n) is 7.76. The van der Waals surface area contributed by atoms with Crippen molar-refractivity contribution in [1.29, 1.82) is 0 Å². The Morgan fingerprint density at radius 3 is 2.95 bits per heavy atom. The molecule has 1 saturated heterocycles. The van der Waals surface area contributed by atoms with Gasteiger partial charge in [0.2, 0.25) is 0 Å². The molecule has 1 aliphatic carbocycles. The van der Waals surface area contributed by atoms with Crippen molar-refractivity contribution >= 4 is 0 Å². The number of benzene rings is 1. The van der Waals surface area contributed by atoms with Gasteiger partial charge in [0.05, 0.1) is 6.61 Å². The Balaban J connectivity index is 1.72. The smallest absolute Gasteiger partial charge is 0.0509 e. The van der Waals surface area contributed by atoms with Crippen molar-refractivity contribution in [3.63, 3.8) is 0 Å². The zero-order valence-corrected chi connectivity index (χ0v) is 11.9. The Morgan fingerprint density at radius 2 is 2.11 bits per heavy atom. The lowest BCUT2D eigenvalue weighted by atomic mass is 9.95. The number of hydrogen-bond donors (Lipinski definition) is 1. The van der Waals surface area contributed by atoms with Gasteiger partial charge < -0.3 is 10.1 Å². The van der Waals surface area contributed by atoms with Gasteiger partial charge in [-0.15, -0.1) is 0 Å². The summed E-state index contributed by atoms with van der Waals surface area (Å²) in [7, 11) is 0. The molecule has 1 fully saturated rings. The van der Waals surface area contributed by atoms with Crippen LogP contribution in [0, 0.1) is 5.92 Å². The number of ether oxygens (including phenoxy) is 1. The third-order valence-corrected chi connectivity index (χ3v) is 4.76. The van der Waals surface area contributed by atoms with E-state index in [-0.39, 0.29) is 0 Å². The van der Waals surface area contributed by atoms with Crippen molar-refractivity contribution in [2.24, 2.45) is 5.92 Å². The molecule has 0 saturated carbocycles. The van der Waals surface area contributed by atoms with Gasteiger partial charge >= 0.3 is 0 Å². The molecule has 104 valence electrons. The molecule has 3 rings (SSSR count). The fraction of sp³-hybridized carbons (Fsp3) is 0.647. The van der Waals surface area contributed by atoms with Crippen molar-refractivity contribution < 1.29 is 4.74 Å². The minimum Gasteiger partial charge on any atom is -0.381 e. The lowest BCUT2D eigenvalue weighted by Gasteiger charge is -2.27. The molecule has 0 aromatic heterocycles. The van der Waals surface area contributed by atoms with Gasteiger partial charge in [-0.2, -0.15) is 0 Å². The average molecular weight is 259 g/mol. The second-order valence-electron chi connectivity index (χ2n) is 6.08. The van der Waals surface area contributed by atoms with Crippen molar-refractivity contribution in [1.82, 2.24) is 5.32 Å². The number of rotatable bonds is 3. The van der Waals surface area contributed by atoms with Crippen LogP contribution in [0.25, 0.3) is 0 Å². The zero-order chi connectivity index (χ0) is 13.1. The van der Waals surface area contributed by atoms with Gasteiger partial charge in [0.15, 0.2) is 0 Å². The predicted octanol–water partition coefficient (Wildman–Crippen LogP) is 3.47. The monoisotopic (exact) mass is 259 g/mol. The highest BCUT2D eigenvalue weighted by Gasteiger charge is 2.26. The molecular weight excluding hydrogens is 234 g/mol. The van der Waals surface area contributed by atoms with E-state index in [1.54, 1.807) is 5.56 Å². The average Bonchev–Trinajstić information content (AvgIpc) is 2.90. The Hall–Kier alpha value is -0.860. The molecule has 0 radical (unpaired) electrons. The molecule has 19 heavy (non-hydrogen) atoms. The first-order valence-corrected chi connectivity index (χ1v) is 7.76. The first kappa shape index (κ1) is 13.1. The Bertz CT molecular complexity index is 411. The standard InChI is InChI=1S/C17H25NO/c1-13(15-10-11-19-12-15)18-17-9-5-3-7-14-6-2-4-8-16(14)17/h2,4,6,8,13,15,17-18H,3,5,7,9-12H2,1H3. The summed E-state index contributed by atoms with van der Waals surface area (Å²) in [6.07, 6.45) is 6.39. The van der Waals surface area contributed by atoms with Gasteiger partial charge in [0.25, 0.3) is 0 Å². The topological polar surface area (TPSA) is 21.3 Å².